The van der Waals surface area contributed by atoms with E-state index >= 15 is 0 Å². The minimum atomic E-state index is 0.104. The molecule has 0 radical (unpaired) electrons. The summed E-state index contributed by atoms with van der Waals surface area (Å²) in [4.78, 5) is 12.0. The Morgan fingerprint density at radius 2 is 2.38 bits per heavy atom. The number of hydrogen-bond donors (Lipinski definition) is 0. The van der Waals surface area contributed by atoms with Gasteiger partial charge in [0.15, 0.2) is 0 Å². The number of ketones is 1. The molecule has 0 aromatic heterocycles. The van der Waals surface area contributed by atoms with Crippen molar-refractivity contribution in [2.45, 2.75) is 19.3 Å². The average Bonchev–Trinajstić information content (AvgIpc) is 2.30. The highest BCUT2D eigenvalue weighted by molar-refractivity contribution is 9.10. The topological polar surface area (TPSA) is 26.3 Å². The predicted octanol–water partition coefficient (Wildman–Crippen LogP) is 2.99. The summed E-state index contributed by atoms with van der Waals surface area (Å²) < 4.78 is 6.36. The molecule has 0 N–H and O–H groups in total. The number of hydrogen-bond acceptors (Lipinski definition) is 2. The molecule has 0 bridgehead atoms. The van der Waals surface area contributed by atoms with Gasteiger partial charge in [-0.15, -0.1) is 0 Å². The maximum Gasteiger partial charge on any atom is 0.142 e. The molecule has 3 heteroatoms. The Hall–Kier alpha value is -0.670. The third-order valence-corrected chi connectivity index (χ3v) is 3.38. The van der Waals surface area contributed by atoms with Crippen molar-refractivity contribution in [3.05, 3.63) is 34.3 Å². The van der Waals surface area contributed by atoms with Gasteiger partial charge < -0.3 is 4.74 Å². The Morgan fingerprint density at radius 1 is 1.50 bits per heavy atom. The number of benzene rings is 1. The third kappa shape index (κ3) is 3.16. The minimum absolute atomic E-state index is 0.104. The molecule has 86 valence electrons. The first kappa shape index (κ1) is 11.8. The molecule has 2 nitrogen and oxygen atoms in total. The number of Topliss-reactive ketones (excluding diaryl/α,β-unsaturated/α-hetero) is 1. The average molecular weight is 283 g/mol. The Balaban J connectivity index is 1.96. The molecule has 1 fully saturated rings. The van der Waals surface area contributed by atoms with E-state index in [0.717, 1.165) is 29.5 Å². The number of halogens is 1. The Bertz CT molecular complexity index is 370. The van der Waals surface area contributed by atoms with Crippen LogP contribution in [-0.4, -0.2) is 19.0 Å². The number of carbonyl (C=O) groups excluding carboxylic acids is 1. The smallest absolute Gasteiger partial charge is 0.142 e. The first-order valence-corrected chi connectivity index (χ1v) is 6.40. The van der Waals surface area contributed by atoms with Gasteiger partial charge in [0.1, 0.15) is 5.78 Å². The van der Waals surface area contributed by atoms with Crippen LogP contribution < -0.4 is 0 Å². The van der Waals surface area contributed by atoms with E-state index < -0.39 is 0 Å². The normalized spacial score (nSPS) is 20.7. The molecule has 0 aliphatic carbocycles. The molecule has 0 saturated carbocycles. The van der Waals surface area contributed by atoms with E-state index in [1.807, 2.05) is 24.3 Å². The summed E-state index contributed by atoms with van der Waals surface area (Å²) in [5.41, 5.74) is 1.07. The van der Waals surface area contributed by atoms with Crippen molar-refractivity contribution in [1.29, 1.82) is 0 Å². The van der Waals surface area contributed by atoms with Crippen LogP contribution in [0.25, 0.3) is 0 Å². The van der Waals surface area contributed by atoms with Crippen LogP contribution in [0.2, 0.25) is 0 Å². The molecule has 1 aromatic carbocycles. The third-order valence-electron chi connectivity index (χ3n) is 2.88. The molecule has 1 aliphatic heterocycles. The van der Waals surface area contributed by atoms with Crippen LogP contribution in [0.3, 0.4) is 0 Å². The summed E-state index contributed by atoms with van der Waals surface area (Å²) in [6.45, 7) is 1.41. The van der Waals surface area contributed by atoms with Crippen LogP contribution in [0.1, 0.15) is 18.4 Å². The van der Waals surface area contributed by atoms with Crippen molar-refractivity contribution in [3.8, 4) is 0 Å². The van der Waals surface area contributed by atoms with Crippen LogP contribution in [0.15, 0.2) is 28.7 Å². The molecule has 1 atom stereocenters. The highest BCUT2D eigenvalue weighted by atomic mass is 79.9. The van der Waals surface area contributed by atoms with E-state index in [0.29, 0.717) is 18.8 Å². The van der Waals surface area contributed by atoms with Gasteiger partial charge in [-0.05, 0) is 30.5 Å². The molecule has 2 rings (SSSR count). The van der Waals surface area contributed by atoms with E-state index in [9.17, 15) is 4.79 Å². The van der Waals surface area contributed by atoms with E-state index in [-0.39, 0.29) is 5.92 Å². The lowest BCUT2D eigenvalue weighted by Gasteiger charge is -2.20. The fourth-order valence-corrected chi connectivity index (χ4v) is 2.43. The minimum Gasteiger partial charge on any atom is -0.381 e. The predicted molar refractivity (Wildman–Crippen MR) is 66.4 cm³/mol. The number of rotatable bonds is 3. The molecule has 1 unspecified atom stereocenters. The van der Waals surface area contributed by atoms with Crippen LogP contribution >= 0.6 is 15.9 Å². The van der Waals surface area contributed by atoms with Gasteiger partial charge in [0.05, 0.1) is 6.61 Å². The van der Waals surface area contributed by atoms with E-state index in [1.165, 1.54) is 0 Å². The molecule has 1 saturated heterocycles. The van der Waals surface area contributed by atoms with E-state index in [4.69, 9.17) is 4.74 Å². The zero-order valence-corrected chi connectivity index (χ0v) is 10.7. The van der Waals surface area contributed by atoms with Gasteiger partial charge in [0.25, 0.3) is 0 Å². The highest BCUT2D eigenvalue weighted by Gasteiger charge is 2.21. The van der Waals surface area contributed by atoms with Gasteiger partial charge in [-0.25, -0.2) is 0 Å². The first-order valence-electron chi connectivity index (χ1n) is 5.60. The molecule has 16 heavy (non-hydrogen) atoms. The lowest BCUT2D eigenvalue weighted by atomic mass is 9.93. The van der Waals surface area contributed by atoms with Crippen molar-refractivity contribution in [2.75, 3.05) is 13.2 Å². The Labute approximate surface area is 104 Å². The molecular formula is C13H15BrO2. The monoisotopic (exact) mass is 282 g/mol. The van der Waals surface area contributed by atoms with Crippen molar-refractivity contribution >= 4 is 21.7 Å². The van der Waals surface area contributed by atoms with Gasteiger partial charge in [0, 0.05) is 23.4 Å². The summed E-state index contributed by atoms with van der Waals surface area (Å²) in [6.07, 6.45) is 2.51. The maximum atomic E-state index is 12.0. The highest BCUT2D eigenvalue weighted by Crippen LogP contribution is 2.18. The van der Waals surface area contributed by atoms with Crippen LogP contribution in [0, 0.1) is 5.92 Å². The molecule has 1 aromatic rings. The van der Waals surface area contributed by atoms with Crippen LogP contribution in [0.5, 0.6) is 0 Å². The fourth-order valence-electron chi connectivity index (χ4n) is 1.99. The molecule has 1 aliphatic rings. The lowest BCUT2D eigenvalue weighted by Crippen LogP contribution is -2.26. The van der Waals surface area contributed by atoms with Crippen molar-refractivity contribution in [2.24, 2.45) is 5.92 Å². The standard InChI is InChI=1S/C13H15BrO2/c14-12-5-1-3-10(7-12)8-13(15)11-4-2-6-16-9-11/h1,3,5,7,11H,2,4,6,8-9H2. The molecule has 0 amide bonds. The number of carbonyl (C=O) groups is 1. The summed E-state index contributed by atoms with van der Waals surface area (Å²) in [5, 5.41) is 0. The maximum absolute atomic E-state index is 12.0. The Morgan fingerprint density at radius 3 is 3.06 bits per heavy atom. The molecule has 1 heterocycles. The fraction of sp³-hybridized carbons (Fsp3) is 0.462. The summed E-state index contributed by atoms with van der Waals surface area (Å²) in [5.74, 6) is 0.408. The van der Waals surface area contributed by atoms with Crippen molar-refractivity contribution < 1.29 is 9.53 Å². The van der Waals surface area contributed by atoms with E-state index in [1.54, 1.807) is 0 Å². The second kappa shape index (κ2) is 5.60. The van der Waals surface area contributed by atoms with Crippen LogP contribution in [-0.2, 0) is 16.0 Å². The first-order chi connectivity index (χ1) is 7.75. The van der Waals surface area contributed by atoms with Crippen molar-refractivity contribution in [3.63, 3.8) is 0 Å². The zero-order chi connectivity index (χ0) is 11.4. The van der Waals surface area contributed by atoms with Gasteiger partial charge >= 0.3 is 0 Å². The Kier molecular flexibility index (Phi) is 4.13. The van der Waals surface area contributed by atoms with E-state index in [2.05, 4.69) is 15.9 Å². The molecule has 0 spiro atoms. The van der Waals surface area contributed by atoms with Gasteiger partial charge in [-0.2, -0.15) is 0 Å². The summed E-state index contributed by atoms with van der Waals surface area (Å²) in [6, 6.07) is 7.93. The summed E-state index contributed by atoms with van der Waals surface area (Å²) in [7, 11) is 0. The zero-order valence-electron chi connectivity index (χ0n) is 9.12. The number of ether oxygens (including phenoxy) is 1. The van der Waals surface area contributed by atoms with Gasteiger partial charge in [0.2, 0.25) is 0 Å². The quantitative estimate of drug-likeness (QED) is 0.852. The van der Waals surface area contributed by atoms with Crippen LogP contribution in [0.4, 0.5) is 0 Å². The largest absolute Gasteiger partial charge is 0.381 e. The SMILES string of the molecule is O=C(Cc1cccc(Br)c1)C1CCCOC1. The van der Waals surface area contributed by atoms with Gasteiger partial charge in [-0.1, -0.05) is 28.1 Å². The van der Waals surface area contributed by atoms with Gasteiger partial charge in [-0.3, -0.25) is 4.79 Å². The van der Waals surface area contributed by atoms with Crippen molar-refractivity contribution in [1.82, 2.24) is 0 Å². The molecular weight excluding hydrogens is 268 g/mol. The second-order valence-electron chi connectivity index (χ2n) is 4.19. The summed E-state index contributed by atoms with van der Waals surface area (Å²) >= 11 is 3.41. The second-order valence-corrected chi connectivity index (χ2v) is 5.10. The lowest BCUT2D eigenvalue weighted by molar-refractivity contribution is -0.126.